The van der Waals surface area contributed by atoms with Crippen LogP contribution in [0.25, 0.3) is 0 Å². The number of ether oxygens (including phenoxy) is 1. The summed E-state index contributed by atoms with van der Waals surface area (Å²) in [5, 5.41) is 5.84. The van der Waals surface area contributed by atoms with Crippen molar-refractivity contribution in [3.05, 3.63) is 18.7 Å². The lowest BCUT2D eigenvalue weighted by Gasteiger charge is -2.19. The Morgan fingerprint density at radius 2 is 1.94 bits per heavy atom. The average molecular weight is 252 g/mol. The number of nitrogens with zero attached hydrogens (tertiary/aromatic N) is 2. The summed E-state index contributed by atoms with van der Waals surface area (Å²) in [5.74, 6) is 0. The van der Waals surface area contributed by atoms with Gasteiger partial charge in [-0.15, -0.1) is 0 Å². The molecule has 0 unspecified atom stereocenters. The summed E-state index contributed by atoms with van der Waals surface area (Å²) in [6.45, 7) is 6.81. The van der Waals surface area contributed by atoms with E-state index in [9.17, 15) is 4.79 Å². The second-order valence-electron chi connectivity index (χ2n) is 4.84. The molecule has 0 aliphatic heterocycles. The summed E-state index contributed by atoms with van der Waals surface area (Å²) >= 11 is 0. The second kappa shape index (κ2) is 6.78. The van der Waals surface area contributed by atoms with Crippen molar-refractivity contribution in [3.8, 4) is 0 Å². The largest absolute Gasteiger partial charge is 0.444 e. The first kappa shape index (κ1) is 14.2. The number of hydrogen-bond donors (Lipinski definition) is 2. The zero-order valence-corrected chi connectivity index (χ0v) is 11.1. The Hall–Kier alpha value is -1.85. The molecule has 100 valence electrons. The molecular weight excluding hydrogens is 232 g/mol. The van der Waals surface area contributed by atoms with Gasteiger partial charge in [-0.05, 0) is 27.2 Å². The van der Waals surface area contributed by atoms with Crippen LogP contribution in [-0.2, 0) is 4.74 Å². The van der Waals surface area contributed by atoms with Crippen LogP contribution in [0, 0.1) is 0 Å². The lowest BCUT2D eigenvalue weighted by atomic mass is 10.2. The predicted molar refractivity (Wildman–Crippen MR) is 69.4 cm³/mol. The monoisotopic (exact) mass is 252 g/mol. The normalized spacial score (nSPS) is 10.8. The number of hydrogen-bond acceptors (Lipinski definition) is 5. The third-order valence-electron chi connectivity index (χ3n) is 1.91. The molecule has 2 N–H and O–H groups in total. The van der Waals surface area contributed by atoms with Gasteiger partial charge in [0.15, 0.2) is 0 Å². The van der Waals surface area contributed by atoms with Crippen LogP contribution >= 0.6 is 0 Å². The quantitative estimate of drug-likeness (QED) is 0.781. The highest BCUT2D eigenvalue weighted by Gasteiger charge is 2.15. The maximum absolute atomic E-state index is 11.3. The maximum Gasteiger partial charge on any atom is 0.407 e. The summed E-state index contributed by atoms with van der Waals surface area (Å²) in [6.07, 6.45) is 5.30. The fourth-order valence-electron chi connectivity index (χ4n) is 1.22. The van der Waals surface area contributed by atoms with Crippen LogP contribution in [0.15, 0.2) is 18.7 Å². The van der Waals surface area contributed by atoms with Crippen LogP contribution in [0.1, 0.15) is 27.2 Å². The molecule has 6 heteroatoms. The number of carbonyl (C=O) groups excluding carboxylic acids is 1. The molecule has 1 aromatic rings. The summed E-state index contributed by atoms with van der Waals surface area (Å²) in [7, 11) is 0. The third-order valence-corrected chi connectivity index (χ3v) is 1.91. The molecule has 0 aromatic carbocycles. The zero-order chi connectivity index (χ0) is 13.4. The molecule has 1 aromatic heterocycles. The van der Waals surface area contributed by atoms with Crippen molar-refractivity contribution < 1.29 is 9.53 Å². The molecule has 0 saturated heterocycles. The van der Waals surface area contributed by atoms with Crippen molar-refractivity contribution in [3.63, 3.8) is 0 Å². The van der Waals surface area contributed by atoms with Crippen LogP contribution in [-0.4, -0.2) is 34.8 Å². The standard InChI is InChI=1S/C12H20N4O2/c1-12(2,3)18-11(17)16-6-4-5-15-10-7-13-9-14-8-10/h7-9,15H,4-6H2,1-3H3,(H,16,17). The number of carbonyl (C=O) groups is 1. The van der Waals surface area contributed by atoms with E-state index in [1.165, 1.54) is 6.33 Å². The maximum atomic E-state index is 11.3. The number of alkyl carbamates (subject to hydrolysis) is 1. The Morgan fingerprint density at radius 1 is 1.28 bits per heavy atom. The molecule has 0 atom stereocenters. The number of amides is 1. The zero-order valence-electron chi connectivity index (χ0n) is 11.1. The highest BCUT2D eigenvalue weighted by Crippen LogP contribution is 2.06. The molecule has 0 bridgehead atoms. The molecule has 0 radical (unpaired) electrons. The van der Waals surface area contributed by atoms with Gasteiger partial charge in [0.25, 0.3) is 0 Å². The number of nitrogens with one attached hydrogen (secondary N) is 2. The number of anilines is 1. The smallest absolute Gasteiger partial charge is 0.407 e. The van der Waals surface area contributed by atoms with E-state index in [1.54, 1.807) is 12.4 Å². The van der Waals surface area contributed by atoms with Crippen LogP contribution in [0.2, 0.25) is 0 Å². The molecule has 0 saturated carbocycles. The highest BCUT2D eigenvalue weighted by atomic mass is 16.6. The molecule has 0 aliphatic carbocycles. The molecular formula is C12H20N4O2. The average Bonchev–Trinajstić information content (AvgIpc) is 2.27. The first-order valence-corrected chi connectivity index (χ1v) is 5.93. The van der Waals surface area contributed by atoms with E-state index < -0.39 is 5.60 Å². The van der Waals surface area contributed by atoms with Gasteiger partial charge < -0.3 is 15.4 Å². The second-order valence-corrected chi connectivity index (χ2v) is 4.84. The van der Waals surface area contributed by atoms with Gasteiger partial charge in [-0.3, -0.25) is 0 Å². The van der Waals surface area contributed by atoms with Crippen molar-refractivity contribution in [2.24, 2.45) is 0 Å². The fourth-order valence-corrected chi connectivity index (χ4v) is 1.22. The summed E-state index contributed by atoms with van der Waals surface area (Å²) in [4.78, 5) is 19.1. The van der Waals surface area contributed by atoms with Crippen LogP contribution in [0.5, 0.6) is 0 Å². The van der Waals surface area contributed by atoms with Crippen LogP contribution < -0.4 is 10.6 Å². The highest BCUT2D eigenvalue weighted by molar-refractivity contribution is 5.67. The predicted octanol–water partition coefficient (Wildman–Crippen LogP) is 1.80. The molecule has 1 rings (SSSR count). The Morgan fingerprint density at radius 3 is 2.56 bits per heavy atom. The van der Waals surface area contributed by atoms with Crippen molar-refractivity contribution in [2.45, 2.75) is 32.8 Å². The van der Waals surface area contributed by atoms with E-state index in [1.807, 2.05) is 20.8 Å². The van der Waals surface area contributed by atoms with Gasteiger partial charge in [-0.25, -0.2) is 14.8 Å². The lowest BCUT2D eigenvalue weighted by molar-refractivity contribution is 0.0528. The number of aromatic nitrogens is 2. The number of rotatable bonds is 5. The molecule has 0 spiro atoms. The minimum atomic E-state index is -0.455. The minimum absolute atomic E-state index is 0.384. The van der Waals surface area contributed by atoms with Gasteiger partial charge in [-0.1, -0.05) is 0 Å². The molecule has 6 nitrogen and oxygen atoms in total. The van der Waals surface area contributed by atoms with Gasteiger partial charge in [-0.2, -0.15) is 0 Å². The Kier molecular flexibility index (Phi) is 5.35. The SMILES string of the molecule is CC(C)(C)OC(=O)NCCCNc1cncnc1. The van der Waals surface area contributed by atoms with Gasteiger partial charge in [0.1, 0.15) is 11.9 Å². The molecule has 0 fully saturated rings. The van der Waals surface area contributed by atoms with E-state index >= 15 is 0 Å². The van der Waals surface area contributed by atoms with Crippen molar-refractivity contribution in [1.29, 1.82) is 0 Å². The van der Waals surface area contributed by atoms with Gasteiger partial charge in [0.05, 0.1) is 18.1 Å². The molecule has 18 heavy (non-hydrogen) atoms. The van der Waals surface area contributed by atoms with Crippen molar-refractivity contribution in [1.82, 2.24) is 15.3 Å². The topological polar surface area (TPSA) is 76.1 Å². The van der Waals surface area contributed by atoms with Gasteiger partial charge >= 0.3 is 6.09 Å². The first-order valence-electron chi connectivity index (χ1n) is 5.93. The van der Waals surface area contributed by atoms with E-state index in [2.05, 4.69) is 20.6 Å². The lowest BCUT2D eigenvalue weighted by Crippen LogP contribution is -2.33. The van der Waals surface area contributed by atoms with Crippen molar-refractivity contribution in [2.75, 3.05) is 18.4 Å². The van der Waals surface area contributed by atoms with Crippen LogP contribution in [0.4, 0.5) is 10.5 Å². The summed E-state index contributed by atoms with van der Waals surface area (Å²) in [6, 6.07) is 0. The third kappa shape index (κ3) is 6.67. The molecule has 1 amide bonds. The van der Waals surface area contributed by atoms with E-state index in [4.69, 9.17) is 4.74 Å². The van der Waals surface area contributed by atoms with Crippen molar-refractivity contribution >= 4 is 11.8 Å². The van der Waals surface area contributed by atoms with Gasteiger partial charge in [0.2, 0.25) is 0 Å². The summed E-state index contributed by atoms with van der Waals surface area (Å²) in [5.41, 5.74) is 0.416. The summed E-state index contributed by atoms with van der Waals surface area (Å²) < 4.78 is 5.11. The minimum Gasteiger partial charge on any atom is -0.444 e. The Labute approximate surface area is 107 Å². The van der Waals surface area contributed by atoms with E-state index in [0.29, 0.717) is 6.54 Å². The molecule has 0 aliphatic rings. The molecule has 1 heterocycles. The van der Waals surface area contributed by atoms with E-state index in [0.717, 1.165) is 18.7 Å². The van der Waals surface area contributed by atoms with E-state index in [-0.39, 0.29) is 6.09 Å². The Bertz CT molecular complexity index is 362. The first-order chi connectivity index (χ1) is 8.47. The van der Waals surface area contributed by atoms with Crippen LogP contribution in [0.3, 0.4) is 0 Å². The Balaban J connectivity index is 2.07. The van der Waals surface area contributed by atoms with Gasteiger partial charge in [0, 0.05) is 13.1 Å². The fraction of sp³-hybridized carbons (Fsp3) is 0.583.